The quantitative estimate of drug-likeness (QED) is 0.548. The number of fused-ring (bicyclic) bond motifs is 2. The van der Waals surface area contributed by atoms with Gasteiger partial charge in [-0.25, -0.2) is 4.39 Å². The number of aromatic nitrogens is 2. The van der Waals surface area contributed by atoms with Crippen molar-refractivity contribution >= 4 is 40.9 Å². The minimum Gasteiger partial charge on any atom is -0.338 e. The second-order valence-electron chi connectivity index (χ2n) is 8.02. The van der Waals surface area contributed by atoms with Gasteiger partial charge in [-0.2, -0.15) is 4.98 Å². The molecule has 3 aromatic rings. The fourth-order valence-corrected chi connectivity index (χ4v) is 4.39. The topological polar surface area (TPSA) is 107 Å². The number of hydrogen-bond donors (Lipinski definition) is 3. The number of H-pyrrole nitrogens is 1. The summed E-state index contributed by atoms with van der Waals surface area (Å²) in [6, 6.07) is 11.8. The Labute approximate surface area is 192 Å². The Morgan fingerprint density at radius 2 is 1.97 bits per heavy atom. The van der Waals surface area contributed by atoms with Gasteiger partial charge in [0.25, 0.3) is 5.56 Å². The van der Waals surface area contributed by atoms with Gasteiger partial charge >= 0.3 is 0 Å². The summed E-state index contributed by atoms with van der Waals surface area (Å²) < 4.78 is 13.4. The molecule has 0 fully saturated rings. The first kappa shape index (κ1) is 21.1. The van der Waals surface area contributed by atoms with E-state index in [1.165, 1.54) is 17.7 Å². The van der Waals surface area contributed by atoms with Crippen LogP contribution in [0.1, 0.15) is 29.0 Å². The number of amides is 2. The molecule has 0 saturated carbocycles. The normalized spacial score (nSPS) is 17.1. The van der Waals surface area contributed by atoms with Gasteiger partial charge in [0.2, 0.25) is 17.8 Å². The molecular weight excluding hydrogens is 449 g/mol. The lowest BCUT2D eigenvalue weighted by atomic mass is 9.92. The van der Waals surface area contributed by atoms with E-state index in [-0.39, 0.29) is 28.5 Å². The molecule has 2 aliphatic rings. The third kappa shape index (κ3) is 4.07. The van der Waals surface area contributed by atoms with E-state index < -0.39 is 29.1 Å². The number of halogens is 2. The standard InChI is InChI=1S/C23H19ClFN5O3/c24-16-9-14(5-6-17(16)25)26-21(32)15-10-18(31)27-20-19(15)22(33)29-23(28-20)30-8-7-12-3-1-2-4-13(12)11-30/h1-6,9,15H,7-8,10-11H2,(H,26,32)(H2,27,28,29,31,33)/t15-/m1/s1. The number of nitrogens with one attached hydrogen (secondary N) is 3. The second kappa shape index (κ2) is 8.32. The average molecular weight is 468 g/mol. The van der Waals surface area contributed by atoms with E-state index >= 15 is 0 Å². The SMILES string of the molecule is O=C1C[C@@H](C(=O)Nc2ccc(F)c(Cl)c2)c2c(nc(N3CCc4ccccc4C3)[nH]c2=O)N1. The number of hydrogen-bond acceptors (Lipinski definition) is 5. The van der Waals surface area contributed by atoms with Crippen LogP contribution in [0.2, 0.25) is 5.02 Å². The molecule has 5 rings (SSSR count). The van der Waals surface area contributed by atoms with Crippen molar-refractivity contribution in [2.75, 3.05) is 22.1 Å². The maximum absolute atomic E-state index is 13.4. The third-order valence-corrected chi connectivity index (χ3v) is 6.16. The van der Waals surface area contributed by atoms with E-state index in [2.05, 4.69) is 26.7 Å². The molecule has 2 aliphatic heterocycles. The van der Waals surface area contributed by atoms with Crippen LogP contribution in [-0.4, -0.2) is 28.3 Å². The molecule has 1 aromatic heterocycles. The maximum atomic E-state index is 13.4. The van der Waals surface area contributed by atoms with Crippen LogP contribution < -0.4 is 21.1 Å². The lowest BCUT2D eigenvalue weighted by Crippen LogP contribution is -2.38. The van der Waals surface area contributed by atoms with Gasteiger partial charge in [0.1, 0.15) is 11.6 Å². The van der Waals surface area contributed by atoms with Crippen LogP contribution in [0.4, 0.5) is 21.8 Å². The summed E-state index contributed by atoms with van der Waals surface area (Å²) in [4.78, 5) is 47.5. The minimum atomic E-state index is -1.05. The van der Waals surface area contributed by atoms with Crippen molar-refractivity contribution in [2.24, 2.45) is 0 Å². The van der Waals surface area contributed by atoms with Crippen molar-refractivity contribution in [3.63, 3.8) is 0 Å². The zero-order valence-corrected chi connectivity index (χ0v) is 18.1. The van der Waals surface area contributed by atoms with Gasteiger partial charge in [-0.15, -0.1) is 0 Å². The van der Waals surface area contributed by atoms with Gasteiger partial charge in [0.05, 0.1) is 16.5 Å². The number of carbonyl (C=O) groups excluding carboxylic acids is 2. The number of benzene rings is 2. The summed E-state index contributed by atoms with van der Waals surface area (Å²) in [5, 5.41) is 5.06. The molecule has 2 amide bonds. The number of rotatable bonds is 3. The van der Waals surface area contributed by atoms with Crippen LogP contribution in [-0.2, 0) is 22.6 Å². The zero-order valence-electron chi connectivity index (χ0n) is 17.3. The fraction of sp³-hybridized carbons (Fsp3) is 0.217. The monoisotopic (exact) mass is 467 g/mol. The number of aromatic amines is 1. The van der Waals surface area contributed by atoms with Gasteiger partial charge in [-0.3, -0.25) is 19.4 Å². The zero-order chi connectivity index (χ0) is 23.1. The largest absolute Gasteiger partial charge is 0.338 e. The molecule has 0 aliphatic carbocycles. The molecule has 3 heterocycles. The van der Waals surface area contributed by atoms with E-state index in [4.69, 9.17) is 11.6 Å². The highest BCUT2D eigenvalue weighted by Crippen LogP contribution is 2.31. The molecule has 0 radical (unpaired) electrons. The Morgan fingerprint density at radius 3 is 2.76 bits per heavy atom. The van der Waals surface area contributed by atoms with E-state index in [9.17, 15) is 18.8 Å². The van der Waals surface area contributed by atoms with E-state index in [1.54, 1.807) is 0 Å². The molecule has 168 valence electrons. The van der Waals surface area contributed by atoms with Crippen molar-refractivity contribution in [1.82, 2.24) is 9.97 Å². The Kier molecular flexibility index (Phi) is 5.33. The highest BCUT2D eigenvalue weighted by molar-refractivity contribution is 6.31. The Bertz CT molecular complexity index is 1340. The maximum Gasteiger partial charge on any atom is 0.258 e. The van der Waals surface area contributed by atoms with Crippen molar-refractivity contribution in [1.29, 1.82) is 0 Å². The highest BCUT2D eigenvalue weighted by Gasteiger charge is 2.35. The first-order valence-corrected chi connectivity index (χ1v) is 10.8. The molecular formula is C23H19ClFN5O3. The predicted octanol–water partition coefficient (Wildman–Crippen LogP) is 3.19. The minimum absolute atomic E-state index is 0.0705. The van der Waals surface area contributed by atoms with Crippen LogP contribution in [0.25, 0.3) is 0 Å². The van der Waals surface area contributed by atoms with Crippen molar-refractivity contribution in [2.45, 2.75) is 25.3 Å². The molecule has 3 N–H and O–H groups in total. The molecule has 10 heteroatoms. The van der Waals surface area contributed by atoms with Gasteiger partial charge < -0.3 is 15.5 Å². The molecule has 8 nitrogen and oxygen atoms in total. The highest BCUT2D eigenvalue weighted by atomic mass is 35.5. The first-order chi connectivity index (χ1) is 15.9. The van der Waals surface area contributed by atoms with Crippen molar-refractivity contribution in [3.05, 3.63) is 80.3 Å². The van der Waals surface area contributed by atoms with Gasteiger partial charge in [0.15, 0.2) is 0 Å². The van der Waals surface area contributed by atoms with Gasteiger partial charge in [-0.05, 0) is 35.7 Å². The average Bonchev–Trinajstić information content (AvgIpc) is 2.80. The first-order valence-electron chi connectivity index (χ1n) is 10.4. The summed E-state index contributed by atoms with van der Waals surface area (Å²) >= 11 is 5.78. The van der Waals surface area contributed by atoms with Crippen molar-refractivity contribution in [3.8, 4) is 0 Å². The lowest BCUT2D eigenvalue weighted by molar-refractivity contribution is -0.123. The smallest absolute Gasteiger partial charge is 0.258 e. The predicted molar refractivity (Wildman–Crippen MR) is 122 cm³/mol. The number of anilines is 3. The van der Waals surface area contributed by atoms with Gasteiger partial charge in [0, 0.05) is 25.2 Å². The molecule has 0 spiro atoms. The van der Waals surface area contributed by atoms with Gasteiger partial charge in [-0.1, -0.05) is 35.9 Å². The number of nitrogens with zero attached hydrogens (tertiary/aromatic N) is 2. The van der Waals surface area contributed by atoms with Crippen LogP contribution >= 0.6 is 11.6 Å². The Hall–Kier alpha value is -3.72. The summed E-state index contributed by atoms with van der Waals surface area (Å²) in [5.41, 5.74) is 2.24. The summed E-state index contributed by atoms with van der Waals surface area (Å²) in [7, 11) is 0. The molecule has 1 atom stereocenters. The molecule has 0 saturated heterocycles. The van der Waals surface area contributed by atoms with E-state index in [0.717, 1.165) is 18.1 Å². The van der Waals surface area contributed by atoms with Crippen LogP contribution in [0.5, 0.6) is 0 Å². The lowest BCUT2D eigenvalue weighted by Gasteiger charge is -2.30. The summed E-state index contributed by atoms with van der Waals surface area (Å²) in [5.74, 6) is -2.27. The Morgan fingerprint density at radius 1 is 1.18 bits per heavy atom. The molecule has 0 bridgehead atoms. The second-order valence-corrected chi connectivity index (χ2v) is 8.42. The fourth-order valence-electron chi connectivity index (χ4n) is 4.21. The third-order valence-electron chi connectivity index (χ3n) is 5.87. The number of carbonyl (C=O) groups is 2. The van der Waals surface area contributed by atoms with Crippen molar-refractivity contribution < 1.29 is 14.0 Å². The molecule has 2 aromatic carbocycles. The molecule has 33 heavy (non-hydrogen) atoms. The van der Waals surface area contributed by atoms with Crippen LogP contribution in [0, 0.1) is 5.82 Å². The van der Waals surface area contributed by atoms with Crippen LogP contribution in [0.3, 0.4) is 0 Å². The van der Waals surface area contributed by atoms with E-state index in [1.807, 2.05) is 23.1 Å². The summed E-state index contributed by atoms with van der Waals surface area (Å²) in [6.45, 7) is 1.23. The summed E-state index contributed by atoms with van der Waals surface area (Å²) in [6.07, 6.45) is 0.587. The van der Waals surface area contributed by atoms with E-state index in [0.29, 0.717) is 19.0 Å². The van der Waals surface area contributed by atoms with Crippen LogP contribution in [0.15, 0.2) is 47.3 Å². The Balaban J connectivity index is 1.44. The molecule has 0 unspecified atom stereocenters.